The molecule has 0 radical (unpaired) electrons. The van der Waals surface area contributed by atoms with Crippen molar-refractivity contribution >= 4 is 12.0 Å². The zero-order chi connectivity index (χ0) is 18.2. The molecule has 0 bridgehead atoms. The summed E-state index contributed by atoms with van der Waals surface area (Å²) in [5, 5.41) is 0. The molecule has 1 saturated heterocycles. The monoisotopic (exact) mass is 344 g/mol. The smallest absolute Gasteiger partial charge is 0.410 e. The number of nitrogens with zero attached hydrogens (tertiary/aromatic N) is 2. The molecule has 25 heavy (non-hydrogen) atoms. The van der Waals surface area contributed by atoms with Gasteiger partial charge in [-0.3, -0.25) is 4.79 Å². The first-order valence-corrected chi connectivity index (χ1v) is 9.09. The van der Waals surface area contributed by atoms with E-state index in [1.165, 1.54) is 5.56 Å². The number of hydrogen-bond acceptors (Lipinski definition) is 3. The number of rotatable bonds is 2. The van der Waals surface area contributed by atoms with E-state index in [-0.39, 0.29) is 24.0 Å². The van der Waals surface area contributed by atoms with E-state index in [9.17, 15) is 9.59 Å². The van der Waals surface area contributed by atoms with E-state index in [1.807, 2.05) is 50.8 Å². The van der Waals surface area contributed by atoms with Crippen molar-refractivity contribution in [1.82, 2.24) is 9.80 Å². The summed E-state index contributed by atoms with van der Waals surface area (Å²) >= 11 is 0. The second-order valence-electron chi connectivity index (χ2n) is 8.17. The van der Waals surface area contributed by atoms with Crippen molar-refractivity contribution in [3.05, 3.63) is 35.9 Å². The molecule has 1 aromatic carbocycles. The molecule has 5 heteroatoms. The predicted octanol–water partition coefficient (Wildman–Crippen LogP) is 3.26. The third-order valence-electron chi connectivity index (χ3n) is 4.90. The van der Waals surface area contributed by atoms with Gasteiger partial charge in [0.2, 0.25) is 5.91 Å². The van der Waals surface area contributed by atoms with Crippen molar-refractivity contribution in [2.24, 2.45) is 5.92 Å². The molecule has 3 rings (SSSR count). The van der Waals surface area contributed by atoms with Crippen molar-refractivity contribution in [2.45, 2.75) is 51.7 Å². The number of amides is 2. The van der Waals surface area contributed by atoms with Crippen LogP contribution in [0.1, 0.15) is 45.6 Å². The summed E-state index contributed by atoms with van der Waals surface area (Å²) in [7, 11) is 0. The van der Waals surface area contributed by atoms with Gasteiger partial charge in [0.1, 0.15) is 5.60 Å². The summed E-state index contributed by atoms with van der Waals surface area (Å²) < 4.78 is 5.46. The molecule has 3 atom stereocenters. The maximum Gasteiger partial charge on any atom is 0.410 e. The summed E-state index contributed by atoms with van der Waals surface area (Å²) in [5.41, 5.74) is 0.752. The molecule has 5 nitrogen and oxygen atoms in total. The van der Waals surface area contributed by atoms with Crippen LogP contribution >= 0.6 is 0 Å². The molecule has 2 amide bonds. The lowest BCUT2D eigenvalue weighted by atomic mass is 10.1. The largest absolute Gasteiger partial charge is 0.444 e. The predicted molar refractivity (Wildman–Crippen MR) is 96.3 cm³/mol. The molecule has 1 aliphatic heterocycles. The van der Waals surface area contributed by atoms with Crippen LogP contribution in [0.15, 0.2) is 30.3 Å². The van der Waals surface area contributed by atoms with Gasteiger partial charge in [-0.25, -0.2) is 4.79 Å². The van der Waals surface area contributed by atoms with Crippen LogP contribution in [0, 0.1) is 5.92 Å². The Balaban J connectivity index is 1.55. The van der Waals surface area contributed by atoms with E-state index in [4.69, 9.17) is 4.74 Å². The molecule has 0 aromatic heterocycles. The first kappa shape index (κ1) is 17.8. The van der Waals surface area contributed by atoms with Gasteiger partial charge >= 0.3 is 6.09 Å². The molecule has 1 heterocycles. The molecular formula is C20H28N2O3. The second kappa shape index (κ2) is 6.70. The van der Waals surface area contributed by atoms with Crippen molar-refractivity contribution in [3.63, 3.8) is 0 Å². The minimum Gasteiger partial charge on any atom is -0.444 e. The Hall–Kier alpha value is -2.04. The maximum absolute atomic E-state index is 12.8. The van der Waals surface area contributed by atoms with Crippen LogP contribution in [0.25, 0.3) is 0 Å². The maximum atomic E-state index is 12.8. The molecule has 1 aromatic rings. The van der Waals surface area contributed by atoms with Crippen LogP contribution in [-0.4, -0.2) is 53.1 Å². The van der Waals surface area contributed by atoms with Gasteiger partial charge in [-0.1, -0.05) is 30.3 Å². The SMILES string of the molecule is CC1CN(C(=O)C2CC2c2ccccc2)CCN1C(=O)OC(C)(C)C. The number of hydrogen-bond donors (Lipinski definition) is 0. The summed E-state index contributed by atoms with van der Waals surface area (Å²) in [6, 6.07) is 10.2. The lowest BCUT2D eigenvalue weighted by Gasteiger charge is -2.40. The fourth-order valence-corrected chi connectivity index (χ4v) is 3.52. The van der Waals surface area contributed by atoms with Crippen molar-refractivity contribution in [3.8, 4) is 0 Å². The normalized spacial score (nSPS) is 26.3. The third kappa shape index (κ3) is 4.14. The van der Waals surface area contributed by atoms with Gasteiger partial charge in [-0.05, 0) is 45.6 Å². The van der Waals surface area contributed by atoms with Gasteiger partial charge in [-0.2, -0.15) is 0 Å². The fourth-order valence-electron chi connectivity index (χ4n) is 3.52. The minimum absolute atomic E-state index is 0.0264. The summed E-state index contributed by atoms with van der Waals surface area (Å²) in [6.45, 7) is 9.27. The van der Waals surface area contributed by atoms with Gasteiger partial charge in [0.05, 0.1) is 0 Å². The van der Waals surface area contributed by atoms with E-state index >= 15 is 0 Å². The zero-order valence-corrected chi connectivity index (χ0v) is 15.6. The third-order valence-corrected chi connectivity index (χ3v) is 4.90. The minimum atomic E-state index is -0.499. The van der Waals surface area contributed by atoms with Crippen LogP contribution in [-0.2, 0) is 9.53 Å². The highest BCUT2D eigenvalue weighted by Gasteiger charge is 2.46. The molecule has 0 spiro atoms. The van der Waals surface area contributed by atoms with E-state index in [0.717, 1.165) is 6.42 Å². The lowest BCUT2D eigenvalue weighted by molar-refractivity contribution is -0.135. The molecule has 0 N–H and O–H groups in total. The van der Waals surface area contributed by atoms with Crippen molar-refractivity contribution in [2.75, 3.05) is 19.6 Å². The number of benzene rings is 1. The van der Waals surface area contributed by atoms with E-state index in [0.29, 0.717) is 25.6 Å². The second-order valence-corrected chi connectivity index (χ2v) is 8.17. The Labute approximate surface area is 149 Å². The topological polar surface area (TPSA) is 49.9 Å². The Morgan fingerprint density at radius 2 is 1.80 bits per heavy atom. The molecule has 3 unspecified atom stereocenters. The van der Waals surface area contributed by atoms with Gasteiger partial charge < -0.3 is 14.5 Å². The number of ether oxygens (including phenoxy) is 1. The summed E-state index contributed by atoms with van der Waals surface area (Å²) in [4.78, 5) is 28.7. The average molecular weight is 344 g/mol. The van der Waals surface area contributed by atoms with Crippen LogP contribution in [0.5, 0.6) is 0 Å². The zero-order valence-electron chi connectivity index (χ0n) is 15.6. The molecule has 2 aliphatic rings. The van der Waals surface area contributed by atoms with Gasteiger partial charge in [-0.15, -0.1) is 0 Å². The Morgan fingerprint density at radius 3 is 2.40 bits per heavy atom. The number of carbonyl (C=O) groups is 2. The summed E-state index contributed by atoms with van der Waals surface area (Å²) in [5.74, 6) is 0.681. The lowest BCUT2D eigenvalue weighted by Crippen LogP contribution is -2.56. The summed E-state index contributed by atoms with van der Waals surface area (Å²) in [6.07, 6.45) is 0.643. The Bertz CT molecular complexity index is 638. The molecule has 1 aliphatic carbocycles. The highest BCUT2D eigenvalue weighted by atomic mass is 16.6. The first-order valence-electron chi connectivity index (χ1n) is 9.09. The highest BCUT2D eigenvalue weighted by Crippen LogP contribution is 2.48. The molecule has 2 fully saturated rings. The Kier molecular flexibility index (Phi) is 4.76. The van der Waals surface area contributed by atoms with Gasteiger partial charge in [0.15, 0.2) is 0 Å². The number of piperazine rings is 1. The van der Waals surface area contributed by atoms with Crippen LogP contribution < -0.4 is 0 Å². The van der Waals surface area contributed by atoms with Crippen LogP contribution in [0.3, 0.4) is 0 Å². The highest BCUT2D eigenvalue weighted by molar-refractivity contribution is 5.83. The van der Waals surface area contributed by atoms with Crippen LogP contribution in [0.4, 0.5) is 4.79 Å². The van der Waals surface area contributed by atoms with Gasteiger partial charge in [0, 0.05) is 31.6 Å². The molecular weight excluding hydrogens is 316 g/mol. The number of carbonyl (C=O) groups excluding carboxylic acids is 2. The quantitative estimate of drug-likeness (QED) is 0.827. The molecule has 1 saturated carbocycles. The van der Waals surface area contributed by atoms with E-state index < -0.39 is 5.60 Å². The first-order chi connectivity index (χ1) is 11.8. The molecule has 136 valence electrons. The van der Waals surface area contributed by atoms with Crippen molar-refractivity contribution < 1.29 is 14.3 Å². The van der Waals surface area contributed by atoms with Gasteiger partial charge in [0.25, 0.3) is 0 Å². The Morgan fingerprint density at radius 1 is 1.12 bits per heavy atom. The van der Waals surface area contributed by atoms with E-state index in [2.05, 4.69) is 12.1 Å². The van der Waals surface area contributed by atoms with Crippen molar-refractivity contribution in [1.29, 1.82) is 0 Å². The standard InChI is InChI=1S/C20H28N2O3/c1-14-13-21(10-11-22(14)19(24)25-20(2,3)4)18(23)17-12-16(17)15-8-6-5-7-9-15/h5-9,14,16-17H,10-13H2,1-4H3. The fraction of sp³-hybridized carbons (Fsp3) is 0.600. The average Bonchev–Trinajstić information content (AvgIpc) is 3.33. The van der Waals surface area contributed by atoms with Crippen LogP contribution in [0.2, 0.25) is 0 Å². The van der Waals surface area contributed by atoms with E-state index in [1.54, 1.807) is 4.90 Å².